The Kier molecular flexibility index (Phi) is 4.80. The summed E-state index contributed by atoms with van der Waals surface area (Å²) in [6.45, 7) is 4.80. The van der Waals surface area contributed by atoms with Crippen molar-refractivity contribution in [2.75, 3.05) is 6.54 Å². The van der Waals surface area contributed by atoms with Gasteiger partial charge in [0.05, 0.1) is 5.39 Å². The van der Waals surface area contributed by atoms with Crippen LogP contribution in [0.15, 0.2) is 4.79 Å². The predicted molar refractivity (Wildman–Crippen MR) is 93.1 cm³/mol. The molecule has 0 radical (unpaired) electrons. The number of nitrogens with zero attached hydrogens (tertiary/aromatic N) is 1. The van der Waals surface area contributed by atoms with Crippen molar-refractivity contribution in [3.05, 3.63) is 26.6 Å². The zero-order chi connectivity index (χ0) is 16.4. The minimum Gasteiger partial charge on any atom is -0.356 e. The molecular formula is C17H23N3O2S. The lowest BCUT2D eigenvalue weighted by Gasteiger charge is -2.09. The second-order valence-corrected chi connectivity index (χ2v) is 7.69. The van der Waals surface area contributed by atoms with E-state index in [0.717, 1.165) is 29.5 Å². The standard InChI is InChI=1S/C17H23N3O2S/c1-10(2)9-18-14(21)8-7-13-19-16(22)15-11-5-3-4-6-12(11)23-17(15)20-13/h10H,3-9H2,1-2H3,(H,18,21)(H,19,20,22). The van der Waals surface area contributed by atoms with Crippen LogP contribution in [0, 0.1) is 5.92 Å². The highest BCUT2D eigenvalue weighted by Gasteiger charge is 2.19. The fourth-order valence-corrected chi connectivity index (χ4v) is 4.25. The number of aryl methyl sites for hydroxylation is 3. The number of aromatic nitrogens is 2. The van der Waals surface area contributed by atoms with Gasteiger partial charge in [-0.1, -0.05) is 13.8 Å². The molecule has 1 aliphatic carbocycles. The molecule has 0 unspecified atom stereocenters. The number of aromatic amines is 1. The SMILES string of the molecule is CC(C)CNC(=O)CCc1nc2sc3c(c2c(=O)[nH]1)CCCC3. The van der Waals surface area contributed by atoms with Crippen LogP contribution in [-0.4, -0.2) is 22.4 Å². The molecule has 0 aliphatic heterocycles. The maximum absolute atomic E-state index is 12.4. The van der Waals surface area contributed by atoms with Crippen molar-refractivity contribution >= 4 is 27.5 Å². The van der Waals surface area contributed by atoms with Crippen molar-refractivity contribution in [3.63, 3.8) is 0 Å². The number of carbonyl (C=O) groups excluding carboxylic acids is 1. The fraction of sp³-hybridized carbons (Fsp3) is 0.588. The van der Waals surface area contributed by atoms with Gasteiger partial charge >= 0.3 is 0 Å². The van der Waals surface area contributed by atoms with E-state index in [4.69, 9.17) is 0 Å². The topological polar surface area (TPSA) is 74.8 Å². The normalized spacial score (nSPS) is 14.2. The van der Waals surface area contributed by atoms with Crippen LogP contribution < -0.4 is 10.9 Å². The Morgan fingerprint density at radius 3 is 2.91 bits per heavy atom. The molecule has 1 aliphatic rings. The summed E-state index contributed by atoms with van der Waals surface area (Å²) in [5.41, 5.74) is 1.15. The van der Waals surface area contributed by atoms with Crippen molar-refractivity contribution < 1.29 is 4.79 Å². The van der Waals surface area contributed by atoms with E-state index in [1.807, 2.05) is 0 Å². The molecule has 5 nitrogen and oxygen atoms in total. The molecule has 0 spiro atoms. The van der Waals surface area contributed by atoms with E-state index < -0.39 is 0 Å². The third kappa shape index (κ3) is 3.63. The number of fused-ring (bicyclic) bond motifs is 3. The lowest BCUT2D eigenvalue weighted by Crippen LogP contribution is -2.27. The monoisotopic (exact) mass is 333 g/mol. The van der Waals surface area contributed by atoms with E-state index in [2.05, 4.69) is 29.1 Å². The van der Waals surface area contributed by atoms with Gasteiger partial charge in [-0.25, -0.2) is 4.98 Å². The molecule has 0 bridgehead atoms. The number of H-pyrrole nitrogens is 1. The van der Waals surface area contributed by atoms with Crippen LogP contribution in [-0.2, 0) is 24.1 Å². The number of amides is 1. The first-order chi connectivity index (χ1) is 11.0. The van der Waals surface area contributed by atoms with E-state index in [9.17, 15) is 9.59 Å². The molecule has 124 valence electrons. The number of rotatable bonds is 5. The molecule has 0 fully saturated rings. The molecule has 2 heterocycles. The summed E-state index contributed by atoms with van der Waals surface area (Å²) in [7, 11) is 0. The lowest BCUT2D eigenvalue weighted by atomic mass is 9.97. The van der Waals surface area contributed by atoms with Crippen LogP contribution in [0.1, 0.15) is 49.4 Å². The highest BCUT2D eigenvalue weighted by molar-refractivity contribution is 7.18. The maximum atomic E-state index is 12.4. The van der Waals surface area contributed by atoms with Crippen molar-refractivity contribution in [1.82, 2.24) is 15.3 Å². The van der Waals surface area contributed by atoms with Gasteiger partial charge in [0.2, 0.25) is 5.91 Å². The van der Waals surface area contributed by atoms with Gasteiger partial charge in [-0.05, 0) is 37.2 Å². The van der Waals surface area contributed by atoms with Gasteiger partial charge in [-0.3, -0.25) is 9.59 Å². The smallest absolute Gasteiger partial charge is 0.259 e. The summed E-state index contributed by atoms with van der Waals surface area (Å²) in [6.07, 6.45) is 5.21. The average molecular weight is 333 g/mol. The van der Waals surface area contributed by atoms with Crippen LogP contribution in [0.3, 0.4) is 0 Å². The molecule has 2 N–H and O–H groups in total. The first-order valence-corrected chi connectivity index (χ1v) is 9.16. The van der Waals surface area contributed by atoms with Gasteiger partial charge < -0.3 is 10.3 Å². The second-order valence-electron chi connectivity index (χ2n) is 6.60. The largest absolute Gasteiger partial charge is 0.356 e. The van der Waals surface area contributed by atoms with E-state index >= 15 is 0 Å². The summed E-state index contributed by atoms with van der Waals surface area (Å²) < 4.78 is 0. The number of hydrogen-bond acceptors (Lipinski definition) is 4. The number of hydrogen-bond donors (Lipinski definition) is 2. The van der Waals surface area contributed by atoms with Crippen LogP contribution in [0.25, 0.3) is 10.2 Å². The Morgan fingerprint density at radius 2 is 2.13 bits per heavy atom. The Hall–Kier alpha value is -1.69. The number of carbonyl (C=O) groups is 1. The molecule has 0 saturated heterocycles. The Bertz CT molecular complexity index is 776. The zero-order valence-corrected chi connectivity index (χ0v) is 14.5. The van der Waals surface area contributed by atoms with E-state index in [1.165, 1.54) is 16.9 Å². The first kappa shape index (κ1) is 16.2. The van der Waals surface area contributed by atoms with Crippen LogP contribution in [0.4, 0.5) is 0 Å². The Balaban J connectivity index is 1.75. The van der Waals surface area contributed by atoms with Gasteiger partial charge in [0.1, 0.15) is 10.7 Å². The first-order valence-electron chi connectivity index (χ1n) is 8.34. The van der Waals surface area contributed by atoms with Crippen molar-refractivity contribution in [2.45, 2.75) is 52.4 Å². The number of nitrogens with one attached hydrogen (secondary N) is 2. The van der Waals surface area contributed by atoms with E-state index in [0.29, 0.717) is 31.1 Å². The van der Waals surface area contributed by atoms with Gasteiger partial charge in [-0.15, -0.1) is 11.3 Å². The van der Waals surface area contributed by atoms with Gasteiger partial charge in [0, 0.05) is 24.3 Å². The molecule has 6 heteroatoms. The molecule has 3 rings (SSSR count). The number of thiophene rings is 1. The van der Waals surface area contributed by atoms with Gasteiger partial charge in [-0.2, -0.15) is 0 Å². The van der Waals surface area contributed by atoms with Crippen LogP contribution in [0.5, 0.6) is 0 Å². The highest BCUT2D eigenvalue weighted by Crippen LogP contribution is 2.33. The van der Waals surface area contributed by atoms with E-state index in [-0.39, 0.29) is 11.5 Å². The minimum atomic E-state index is -0.0491. The summed E-state index contributed by atoms with van der Waals surface area (Å²) >= 11 is 1.64. The van der Waals surface area contributed by atoms with Crippen molar-refractivity contribution in [2.24, 2.45) is 5.92 Å². The molecule has 2 aromatic rings. The molecule has 1 amide bonds. The molecular weight excluding hydrogens is 310 g/mol. The fourth-order valence-electron chi connectivity index (χ4n) is 2.97. The molecule has 0 saturated carbocycles. The van der Waals surface area contributed by atoms with Gasteiger partial charge in [0.15, 0.2) is 0 Å². The average Bonchev–Trinajstić information content (AvgIpc) is 2.89. The Labute approximate surface area is 139 Å². The quantitative estimate of drug-likeness (QED) is 0.883. The lowest BCUT2D eigenvalue weighted by molar-refractivity contribution is -0.121. The summed E-state index contributed by atoms with van der Waals surface area (Å²) in [4.78, 5) is 33.8. The Morgan fingerprint density at radius 1 is 1.35 bits per heavy atom. The molecule has 0 aromatic carbocycles. The van der Waals surface area contributed by atoms with Gasteiger partial charge in [0.25, 0.3) is 5.56 Å². The van der Waals surface area contributed by atoms with Crippen LogP contribution >= 0.6 is 11.3 Å². The summed E-state index contributed by atoms with van der Waals surface area (Å²) in [5.74, 6) is 1.05. The summed E-state index contributed by atoms with van der Waals surface area (Å²) in [6, 6.07) is 0. The van der Waals surface area contributed by atoms with Crippen LogP contribution in [0.2, 0.25) is 0 Å². The van der Waals surface area contributed by atoms with Crippen molar-refractivity contribution in [3.8, 4) is 0 Å². The zero-order valence-electron chi connectivity index (χ0n) is 13.7. The maximum Gasteiger partial charge on any atom is 0.259 e. The molecule has 23 heavy (non-hydrogen) atoms. The third-order valence-corrected chi connectivity index (χ3v) is 5.36. The second kappa shape index (κ2) is 6.83. The third-order valence-electron chi connectivity index (χ3n) is 4.17. The summed E-state index contributed by atoms with van der Waals surface area (Å²) in [5, 5.41) is 3.66. The molecule has 2 aromatic heterocycles. The predicted octanol–water partition coefficient (Wildman–Crippen LogP) is 2.57. The molecule has 0 atom stereocenters. The van der Waals surface area contributed by atoms with E-state index in [1.54, 1.807) is 11.3 Å². The minimum absolute atomic E-state index is 0.00641. The highest BCUT2D eigenvalue weighted by atomic mass is 32.1. The van der Waals surface area contributed by atoms with Crippen molar-refractivity contribution in [1.29, 1.82) is 0 Å².